The lowest BCUT2D eigenvalue weighted by Gasteiger charge is -2.29. The number of nitrogens with zero attached hydrogens (tertiary/aromatic N) is 1. The van der Waals surface area contributed by atoms with Crippen LogP contribution in [-0.4, -0.2) is 38.0 Å². The second-order valence-electron chi connectivity index (χ2n) is 6.72. The lowest BCUT2D eigenvalue weighted by Crippen LogP contribution is -2.42. The maximum Gasteiger partial charge on any atom is 0.223 e. The van der Waals surface area contributed by atoms with E-state index in [1.807, 2.05) is 54.6 Å². The van der Waals surface area contributed by atoms with E-state index in [1.165, 1.54) is 10.6 Å². The minimum Gasteiger partial charge on any atom is -0.457 e. The van der Waals surface area contributed by atoms with Gasteiger partial charge in [-0.2, -0.15) is 0 Å². The van der Waals surface area contributed by atoms with Crippen LogP contribution in [0.5, 0.6) is 11.5 Å². The van der Waals surface area contributed by atoms with Gasteiger partial charge in [-0.3, -0.25) is 4.79 Å². The topological polar surface area (TPSA) is 75.7 Å². The Morgan fingerprint density at radius 1 is 1.07 bits per heavy atom. The van der Waals surface area contributed by atoms with Crippen molar-refractivity contribution in [1.29, 1.82) is 0 Å². The van der Waals surface area contributed by atoms with Crippen LogP contribution in [0.15, 0.2) is 54.6 Å². The van der Waals surface area contributed by atoms with Crippen molar-refractivity contribution in [3.63, 3.8) is 0 Å². The predicted molar refractivity (Wildman–Crippen MR) is 104 cm³/mol. The van der Waals surface area contributed by atoms with Crippen molar-refractivity contribution in [3.05, 3.63) is 60.2 Å². The van der Waals surface area contributed by atoms with Gasteiger partial charge in [0.1, 0.15) is 11.5 Å². The molecule has 0 unspecified atom stereocenters. The van der Waals surface area contributed by atoms with Gasteiger partial charge in [-0.15, -0.1) is 0 Å². The summed E-state index contributed by atoms with van der Waals surface area (Å²) in [5, 5.41) is 2.95. The van der Waals surface area contributed by atoms with Crippen molar-refractivity contribution in [2.45, 2.75) is 19.4 Å². The molecule has 0 spiro atoms. The Morgan fingerprint density at radius 3 is 2.41 bits per heavy atom. The SMILES string of the molecule is CS(=O)(=O)N1CCC(C(=O)NCc2cccc(Oc3ccccc3)c2)CC1. The Balaban J connectivity index is 1.51. The van der Waals surface area contributed by atoms with E-state index in [0.717, 1.165) is 17.1 Å². The van der Waals surface area contributed by atoms with Gasteiger partial charge in [0.05, 0.1) is 6.26 Å². The van der Waals surface area contributed by atoms with E-state index >= 15 is 0 Å². The Bertz CT molecular complexity index is 876. The van der Waals surface area contributed by atoms with Crippen LogP contribution in [-0.2, 0) is 21.4 Å². The van der Waals surface area contributed by atoms with Crippen LogP contribution in [0.2, 0.25) is 0 Å². The molecule has 2 aromatic carbocycles. The molecule has 7 heteroatoms. The van der Waals surface area contributed by atoms with Gasteiger partial charge >= 0.3 is 0 Å². The lowest BCUT2D eigenvalue weighted by molar-refractivity contribution is -0.126. The molecule has 1 aliphatic rings. The third-order valence-electron chi connectivity index (χ3n) is 4.64. The molecule has 0 aliphatic carbocycles. The molecule has 1 N–H and O–H groups in total. The minimum atomic E-state index is -3.17. The number of benzene rings is 2. The summed E-state index contributed by atoms with van der Waals surface area (Å²) in [7, 11) is -3.17. The first-order chi connectivity index (χ1) is 12.9. The third kappa shape index (κ3) is 5.55. The first-order valence-electron chi connectivity index (χ1n) is 8.96. The molecule has 6 nitrogen and oxygen atoms in total. The fraction of sp³-hybridized carbons (Fsp3) is 0.350. The normalized spacial score (nSPS) is 16.0. The molecule has 3 rings (SSSR count). The molecule has 0 bridgehead atoms. The molecular weight excluding hydrogens is 364 g/mol. The van der Waals surface area contributed by atoms with E-state index in [-0.39, 0.29) is 11.8 Å². The Labute approximate surface area is 160 Å². The smallest absolute Gasteiger partial charge is 0.223 e. The Kier molecular flexibility index (Phi) is 6.13. The molecule has 144 valence electrons. The standard InChI is InChI=1S/C20H24N2O4S/c1-27(24,25)22-12-10-17(11-13-22)20(23)21-15-16-6-5-9-19(14-16)26-18-7-3-2-4-8-18/h2-9,14,17H,10-13,15H2,1H3,(H,21,23). The van der Waals surface area contributed by atoms with Gasteiger partial charge in [0, 0.05) is 25.6 Å². The number of carbonyl (C=O) groups is 1. The molecule has 0 radical (unpaired) electrons. The fourth-order valence-corrected chi connectivity index (χ4v) is 4.00. The molecule has 1 fully saturated rings. The molecule has 1 heterocycles. The summed E-state index contributed by atoms with van der Waals surface area (Å²) >= 11 is 0. The summed E-state index contributed by atoms with van der Waals surface area (Å²) in [5.74, 6) is 1.30. The van der Waals surface area contributed by atoms with Gasteiger partial charge in [0.2, 0.25) is 15.9 Å². The number of ether oxygens (including phenoxy) is 1. The first kappa shape index (κ1) is 19.4. The summed E-state index contributed by atoms with van der Waals surface area (Å²) < 4.78 is 30.3. The van der Waals surface area contributed by atoms with Crippen LogP contribution in [0, 0.1) is 5.92 Å². The van der Waals surface area contributed by atoms with Crippen LogP contribution in [0.25, 0.3) is 0 Å². The molecule has 1 aliphatic heterocycles. The van der Waals surface area contributed by atoms with Gasteiger partial charge in [0.25, 0.3) is 0 Å². The predicted octanol–water partition coefficient (Wildman–Crippen LogP) is 2.77. The zero-order chi connectivity index (χ0) is 19.3. The number of hydrogen-bond acceptors (Lipinski definition) is 4. The van der Waals surface area contributed by atoms with Gasteiger partial charge in [-0.25, -0.2) is 12.7 Å². The molecular formula is C20H24N2O4S. The van der Waals surface area contributed by atoms with Crippen molar-refractivity contribution in [3.8, 4) is 11.5 Å². The lowest BCUT2D eigenvalue weighted by atomic mass is 9.97. The maximum absolute atomic E-state index is 12.4. The molecule has 0 aromatic heterocycles. The number of para-hydroxylation sites is 1. The van der Waals surface area contributed by atoms with Gasteiger partial charge in [-0.05, 0) is 42.7 Å². The summed E-state index contributed by atoms with van der Waals surface area (Å²) in [6.45, 7) is 1.21. The van der Waals surface area contributed by atoms with Crippen LogP contribution >= 0.6 is 0 Å². The zero-order valence-electron chi connectivity index (χ0n) is 15.3. The average Bonchev–Trinajstić information content (AvgIpc) is 2.67. The summed E-state index contributed by atoms with van der Waals surface area (Å²) in [6.07, 6.45) is 2.31. The highest BCUT2D eigenvalue weighted by Gasteiger charge is 2.28. The number of hydrogen-bond donors (Lipinski definition) is 1. The largest absolute Gasteiger partial charge is 0.457 e. The first-order valence-corrected chi connectivity index (χ1v) is 10.8. The highest BCUT2D eigenvalue weighted by molar-refractivity contribution is 7.88. The molecule has 0 atom stereocenters. The molecule has 1 saturated heterocycles. The molecule has 2 aromatic rings. The quantitative estimate of drug-likeness (QED) is 0.826. The van der Waals surface area contributed by atoms with E-state index < -0.39 is 10.0 Å². The average molecular weight is 388 g/mol. The van der Waals surface area contributed by atoms with E-state index in [0.29, 0.717) is 32.5 Å². The van der Waals surface area contributed by atoms with E-state index in [2.05, 4.69) is 5.32 Å². The van der Waals surface area contributed by atoms with Crippen LogP contribution in [0.3, 0.4) is 0 Å². The summed E-state index contributed by atoms with van der Waals surface area (Å²) in [4.78, 5) is 12.4. The molecule has 27 heavy (non-hydrogen) atoms. The number of nitrogens with one attached hydrogen (secondary N) is 1. The summed E-state index contributed by atoms with van der Waals surface area (Å²) in [5.41, 5.74) is 0.949. The fourth-order valence-electron chi connectivity index (χ4n) is 3.13. The van der Waals surface area contributed by atoms with E-state index in [9.17, 15) is 13.2 Å². The minimum absolute atomic E-state index is 0.0301. The van der Waals surface area contributed by atoms with Crippen LogP contribution in [0.1, 0.15) is 18.4 Å². The second-order valence-corrected chi connectivity index (χ2v) is 8.70. The van der Waals surface area contributed by atoms with Crippen LogP contribution in [0.4, 0.5) is 0 Å². The zero-order valence-corrected chi connectivity index (χ0v) is 16.1. The number of rotatable bonds is 6. The number of amides is 1. The number of carbonyl (C=O) groups excluding carboxylic acids is 1. The van der Waals surface area contributed by atoms with Crippen molar-refractivity contribution in [2.24, 2.45) is 5.92 Å². The monoisotopic (exact) mass is 388 g/mol. The van der Waals surface area contributed by atoms with E-state index in [1.54, 1.807) is 0 Å². The van der Waals surface area contributed by atoms with Crippen LogP contribution < -0.4 is 10.1 Å². The summed E-state index contributed by atoms with van der Waals surface area (Å²) in [6, 6.07) is 17.1. The van der Waals surface area contributed by atoms with Crippen molar-refractivity contribution in [1.82, 2.24) is 9.62 Å². The molecule has 1 amide bonds. The highest BCUT2D eigenvalue weighted by atomic mass is 32.2. The number of sulfonamides is 1. The Hall–Kier alpha value is -2.38. The van der Waals surface area contributed by atoms with Crippen molar-refractivity contribution < 1.29 is 17.9 Å². The maximum atomic E-state index is 12.4. The van der Waals surface area contributed by atoms with Gasteiger partial charge in [0.15, 0.2) is 0 Å². The third-order valence-corrected chi connectivity index (χ3v) is 5.94. The number of piperidine rings is 1. The second kappa shape index (κ2) is 8.54. The Morgan fingerprint density at radius 2 is 1.74 bits per heavy atom. The van der Waals surface area contributed by atoms with Crippen molar-refractivity contribution in [2.75, 3.05) is 19.3 Å². The van der Waals surface area contributed by atoms with E-state index in [4.69, 9.17) is 4.74 Å². The molecule has 0 saturated carbocycles. The van der Waals surface area contributed by atoms with Gasteiger partial charge in [-0.1, -0.05) is 30.3 Å². The van der Waals surface area contributed by atoms with Gasteiger partial charge < -0.3 is 10.1 Å². The highest BCUT2D eigenvalue weighted by Crippen LogP contribution is 2.22. The van der Waals surface area contributed by atoms with Crippen molar-refractivity contribution >= 4 is 15.9 Å².